The Hall–Kier alpha value is -2.41. The number of fused-ring (bicyclic) bond motifs is 2. The fraction of sp³-hybridized carbons (Fsp3) is 0.438. The lowest BCUT2D eigenvalue weighted by Crippen LogP contribution is -2.46. The van der Waals surface area contributed by atoms with Gasteiger partial charge in [-0.15, -0.1) is 0 Å². The van der Waals surface area contributed by atoms with Gasteiger partial charge in [0.2, 0.25) is 5.91 Å². The minimum absolute atomic E-state index is 0.122. The molecule has 0 saturated carbocycles. The van der Waals surface area contributed by atoms with Crippen molar-refractivity contribution in [1.29, 1.82) is 0 Å². The Morgan fingerprint density at radius 1 is 1.35 bits per heavy atom. The number of anilines is 1. The molecule has 0 unspecified atom stereocenters. The van der Waals surface area contributed by atoms with Gasteiger partial charge >= 0.3 is 5.97 Å². The van der Waals surface area contributed by atoms with E-state index < -0.39 is 18.1 Å². The average molecular weight is 318 g/mol. The summed E-state index contributed by atoms with van der Waals surface area (Å²) in [5.74, 6) is -1.20. The molecule has 2 aliphatic heterocycles. The van der Waals surface area contributed by atoms with E-state index in [9.17, 15) is 19.5 Å². The minimum Gasteiger partial charge on any atom is -0.465 e. The van der Waals surface area contributed by atoms with Crippen LogP contribution in [0.1, 0.15) is 23.7 Å². The van der Waals surface area contributed by atoms with Crippen LogP contribution in [0.2, 0.25) is 0 Å². The Labute approximate surface area is 133 Å². The SMILES string of the molecule is CCOC(=O)CN1C(=O)[C@H]2C[C@H](O)CN2C(=O)c2ccccc21. The maximum atomic E-state index is 12.8. The van der Waals surface area contributed by atoms with Gasteiger partial charge in [-0.25, -0.2) is 0 Å². The molecule has 1 aromatic carbocycles. The number of benzene rings is 1. The molecule has 0 aliphatic carbocycles. The Morgan fingerprint density at radius 3 is 2.83 bits per heavy atom. The molecule has 2 atom stereocenters. The molecule has 122 valence electrons. The summed E-state index contributed by atoms with van der Waals surface area (Å²) >= 11 is 0. The predicted octanol–water partition coefficient (Wildman–Crippen LogP) is 0.172. The summed E-state index contributed by atoms with van der Waals surface area (Å²) in [5, 5.41) is 9.83. The van der Waals surface area contributed by atoms with Crippen molar-refractivity contribution in [3.63, 3.8) is 0 Å². The number of carbonyl (C=O) groups is 3. The third-order valence-electron chi connectivity index (χ3n) is 4.11. The highest BCUT2D eigenvalue weighted by atomic mass is 16.5. The van der Waals surface area contributed by atoms with E-state index in [1.807, 2.05) is 0 Å². The van der Waals surface area contributed by atoms with Crippen LogP contribution in [0.3, 0.4) is 0 Å². The third kappa shape index (κ3) is 2.68. The first-order valence-corrected chi connectivity index (χ1v) is 7.58. The van der Waals surface area contributed by atoms with Gasteiger partial charge in [-0.05, 0) is 19.1 Å². The number of hydrogen-bond donors (Lipinski definition) is 1. The van der Waals surface area contributed by atoms with Crippen LogP contribution in [0.15, 0.2) is 24.3 Å². The van der Waals surface area contributed by atoms with Crippen molar-refractivity contribution in [3.8, 4) is 0 Å². The molecule has 1 aromatic rings. The largest absolute Gasteiger partial charge is 0.465 e. The topological polar surface area (TPSA) is 87.2 Å². The standard InChI is InChI=1S/C16H18N2O5/c1-2-23-14(20)9-18-12-6-4-3-5-11(12)15(21)17-8-10(19)7-13(17)16(18)22/h3-6,10,13,19H,2,7-9H2,1H3/t10-,13+/m0/s1. The van der Waals surface area contributed by atoms with E-state index in [1.165, 1.54) is 9.80 Å². The molecule has 1 fully saturated rings. The number of para-hydroxylation sites is 1. The summed E-state index contributed by atoms with van der Waals surface area (Å²) in [4.78, 5) is 40.0. The number of ether oxygens (including phenoxy) is 1. The van der Waals surface area contributed by atoms with E-state index in [0.29, 0.717) is 11.3 Å². The Kier molecular flexibility index (Phi) is 4.04. The third-order valence-corrected chi connectivity index (χ3v) is 4.11. The second kappa shape index (κ2) is 6.00. The van der Waals surface area contributed by atoms with Crippen molar-refractivity contribution in [1.82, 2.24) is 4.90 Å². The zero-order chi connectivity index (χ0) is 16.6. The first-order valence-electron chi connectivity index (χ1n) is 7.58. The van der Waals surface area contributed by atoms with Crippen LogP contribution < -0.4 is 4.90 Å². The van der Waals surface area contributed by atoms with E-state index in [2.05, 4.69) is 0 Å². The first kappa shape index (κ1) is 15.5. The Morgan fingerprint density at radius 2 is 2.09 bits per heavy atom. The second-order valence-electron chi connectivity index (χ2n) is 5.61. The quantitative estimate of drug-likeness (QED) is 0.803. The molecule has 2 amide bonds. The maximum Gasteiger partial charge on any atom is 0.326 e. The predicted molar refractivity (Wildman–Crippen MR) is 80.9 cm³/mol. The van der Waals surface area contributed by atoms with E-state index in [1.54, 1.807) is 31.2 Å². The van der Waals surface area contributed by atoms with E-state index >= 15 is 0 Å². The number of carbonyl (C=O) groups excluding carboxylic acids is 3. The second-order valence-corrected chi connectivity index (χ2v) is 5.61. The van der Waals surface area contributed by atoms with Crippen molar-refractivity contribution < 1.29 is 24.2 Å². The molecule has 7 nitrogen and oxygen atoms in total. The summed E-state index contributed by atoms with van der Waals surface area (Å²) in [7, 11) is 0. The Bertz CT molecular complexity index is 660. The van der Waals surface area contributed by atoms with E-state index in [4.69, 9.17) is 4.74 Å². The van der Waals surface area contributed by atoms with Crippen LogP contribution in [0, 0.1) is 0 Å². The first-order chi connectivity index (χ1) is 11.0. The van der Waals surface area contributed by atoms with Crippen LogP contribution in [0.4, 0.5) is 5.69 Å². The number of nitrogens with zero attached hydrogens (tertiary/aromatic N) is 2. The molecule has 0 radical (unpaired) electrons. The molecule has 1 N–H and O–H groups in total. The molecule has 3 rings (SSSR count). The monoisotopic (exact) mass is 318 g/mol. The minimum atomic E-state index is -0.751. The van der Waals surface area contributed by atoms with E-state index in [0.717, 1.165) is 0 Å². The molecule has 7 heteroatoms. The Balaban J connectivity index is 2.03. The van der Waals surface area contributed by atoms with Gasteiger partial charge in [-0.2, -0.15) is 0 Å². The molecule has 0 bridgehead atoms. The molecule has 0 spiro atoms. The van der Waals surface area contributed by atoms with Crippen molar-refractivity contribution in [2.45, 2.75) is 25.5 Å². The van der Waals surface area contributed by atoms with Gasteiger partial charge in [0.05, 0.1) is 24.0 Å². The summed E-state index contributed by atoms with van der Waals surface area (Å²) in [6.45, 7) is 1.78. The molecular weight excluding hydrogens is 300 g/mol. The van der Waals surface area contributed by atoms with Gasteiger partial charge in [0.1, 0.15) is 12.6 Å². The van der Waals surface area contributed by atoms with Crippen LogP contribution in [0.25, 0.3) is 0 Å². The lowest BCUT2D eigenvalue weighted by Gasteiger charge is -2.24. The van der Waals surface area contributed by atoms with Crippen molar-refractivity contribution in [2.24, 2.45) is 0 Å². The smallest absolute Gasteiger partial charge is 0.326 e. The molecule has 2 heterocycles. The fourth-order valence-corrected chi connectivity index (χ4v) is 3.11. The van der Waals surface area contributed by atoms with Crippen LogP contribution in [-0.2, 0) is 14.3 Å². The zero-order valence-corrected chi connectivity index (χ0v) is 12.8. The normalized spacial score (nSPS) is 23.4. The van der Waals surface area contributed by atoms with Crippen molar-refractivity contribution >= 4 is 23.5 Å². The van der Waals surface area contributed by atoms with Crippen LogP contribution in [-0.4, -0.2) is 59.6 Å². The van der Waals surface area contributed by atoms with E-state index in [-0.39, 0.29) is 37.9 Å². The highest BCUT2D eigenvalue weighted by Gasteiger charge is 2.45. The average Bonchev–Trinajstić information content (AvgIpc) is 2.90. The maximum absolute atomic E-state index is 12.8. The van der Waals surface area contributed by atoms with Gasteiger partial charge in [-0.3, -0.25) is 19.3 Å². The molecular formula is C16H18N2O5. The van der Waals surface area contributed by atoms with Gasteiger partial charge < -0.3 is 14.7 Å². The van der Waals surface area contributed by atoms with Crippen LogP contribution in [0.5, 0.6) is 0 Å². The summed E-state index contributed by atoms with van der Waals surface area (Å²) in [6.07, 6.45) is -0.555. The van der Waals surface area contributed by atoms with Crippen molar-refractivity contribution in [3.05, 3.63) is 29.8 Å². The summed E-state index contributed by atoms with van der Waals surface area (Å²) < 4.78 is 4.93. The molecule has 2 aliphatic rings. The molecule has 23 heavy (non-hydrogen) atoms. The van der Waals surface area contributed by atoms with Crippen LogP contribution >= 0.6 is 0 Å². The number of rotatable bonds is 3. The number of amides is 2. The lowest BCUT2D eigenvalue weighted by molar-refractivity contribution is -0.142. The van der Waals surface area contributed by atoms with Gasteiger partial charge in [0, 0.05) is 13.0 Å². The van der Waals surface area contributed by atoms with Gasteiger partial charge in [-0.1, -0.05) is 12.1 Å². The van der Waals surface area contributed by atoms with Gasteiger partial charge in [0.25, 0.3) is 5.91 Å². The lowest BCUT2D eigenvalue weighted by atomic mass is 10.1. The number of aliphatic hydroxyl groups excluding tert-OH is 1. The summed E-state index contributed by atoms with van der Waals surface area (Å²) in [6, 6.07) is 5.93. The van der Waals surface area contributed by atoms with Crippen molar-refractivity contribution in [2.75, 3.05) is 24.6 Å². The molecule has 1 saturated heterocycles. The van der Waals surface area contributed by atoms with Gasteiger partial charge in [0.15, 0.2) is 0 Å². The summed E-state index contributed by atoms with van der Waals surface area (Å²) in [5.41, 5.74) is 0.751. The fourth-order valence-electron chi connectivity index (χ4n) is 3.11. The highest BCUT2D eigenvalue weighted by molar-refractivity contribution is 6.12. The number of esters is 1. The number of hydrogen-bond acceptors (Lipinski definition) is 5. The number of aliphatic hydroxyl groups is 1. The highest BCUT2D eigenvalue weighted by Crippen LogP contribution is 2.32. The molecule has 0 aromatic heterocycles. The zero-order valence-electron chi connectivity index (χ0n) is 12.8.